The molecule has 0 atom stereocenters. The number of hydrogen-bond donors (Lipinski definition) is 1. The Morgan fingerprint density at radius 3 is 2.50 bits per heavy atom. The van der Waals surface area contributed by atoms with E-state index in [1.54, 1.807) is 7.11 Å². The van der Waals surface area contributed by atoms with Gasteiger partial charge < -0.3 is 10.1 Å². The maximum absolute atomic E-state index is 5.11. The summed E-state index contributed by atoms with van der Waals surface area (Å²) in [6, 6.07) is 8.59. The average molecular weight is 273 g/mol. The summed E-state index contributed by atoms with van der Waals surface area (Å²) in [5, 5.41) is 8.04. The molecule has 1 aromatic heterocycles. The molecule has 0 radical (unpaired) electrons. The van der Waals surface area contributed by atoms with Crippen LogP contribution in [0.2, 0.25) is 0 Å². The molecule has 0 saturated heterocycles. The highest BCUT2D eigenvalue weighted by molar-refractivity contribution is 5.52. The Balaban J connectivity index is 2.05. The molecule has 1 N–H and O–H groups in total. The highest BCUT2D eigenvalue weighted by Gasteiger charge is 2.10. The third-order valence-corrected chi connectivity index (χ3v) is 3.48. The Hall–Kier alpha value is -1.81. The van der Waals surface area contributed by atoms with Gasteiger partial charge in [0.25, 0.3) is 0 Å². The summed E-state index contributed by atoms with van der Waals surface area (Å²) in [7, 11) is 1.71. The minimum Gasteiger partial charge on any atom is -0.383 e. The van der Waals surface area contributed by atoms with Crippen molar-refractivity contribution >= 4 is 5.69 Å². The molecule has 0 spiro atoms. The van der Waals surface area contributed by atoms with Crippen molar-refractivity contribution in [2.45, 2.75) is 33.9 Å². The summed E-state index contributed by atoms with van der Waals surface area (Å²) in [5.74, 6) is 0. The second kappa shape index (κ2) is 6.57. The summed E-state index contributed by atoms with van der Waals surface area (Å²) >= 11 is 0. The molecule has 0 fully saturated rings. The zero-order chi connectivity index (χ0) is 14.5. The fraction of sp³-hybridized carbons (Fsp3) is 0.438. The van der Waals surface area contributed by atoms with Crippen molar-refractivity contribution in [3.63, 3.8) is 0 Å². The number of methoxy groups -OCH3 is 1. The van der Waals surface area contributed by atoms with Crippen LogP contribution in [0, 0.1) is 20.8 Å². The second-order valence-corrected chi connectivity index (χ2v) is 5.10. The molecule has 1 heterocycles. The van der Waals surface area contributed by atoms with Crippen molar-refractivity contribution in [3.8, 4) is 0 Å². The molecule has 0 amide bonds. The van der Waals surface area contributed by atoms with Gasteiger partial charge in [-0.15, -0.1) is 0 Å². The molecule has 0 unspecified atom stereocenters. The molecule has 0 aliphatic carbocycles. The van der Waals surface area contributed by atoms with Crippen LogP contribution < -0.4 is 5.32 Å². The Morgan fingerprint density at radius 1 is 1.15 bits per heavy atom. The summed E-state index contributed by atoms with van der Waals surface area (Å²) < 4.78 is 7.11. The van der Waals surface area contributed by atoms with Crippen LogP contribution in [-0.4, -0.2) is 23.5 Å². The number of aryl methyl sites for hydroxylation is 2. The van der Waals surface area contributed by atoms with Crippen molar-refractivity contribution in [2.24, 2.45) is 0 Å². The van der Waals surface area contributed by atoms with Crippen molar-refractivity contribution < 1.29 is 4.74 Å². The Bertz CT molecular complexity index is 558. The molecular weight excluding hydrogens is 250 g/mol. The van der Waals surface area contributed by atoms with Gasteiger partial charge in [0, 0.05) is 13.7 Å². The Morgan fingerprint density at radius 2 is 1.85 bits per heavy atom. The van der Waals surface area contributed by atoms with Gasteiger partial charge in [-0.3, -0.25) is 4.68 Å². The maximum atomic E-state index is 5.11. The average Bonchev–Trinajstić information content (AvgIpc) is 2.71. The van der Waals surface area contributed by atoms with E-state index in [2.05, 4.69) is 48.5 Å². The standard InChI is InChI=1S/C16H23N3O/c1-12-5-7-15(8-6-12)11-17-16-13(2)18-19(14(16)3)9-10-20-4/h5-8,17H,9-11H2,1-4H3. The number of nitrogens with one attached hydrogen (secondary N) is 1. The molecule has 1 aromatic carbocycles. The van der Waals surface area contributed by atoms with Crippen molar-refractivity contribution in [1.82, 2.24) is 9.78 Å². The van der Waals surface area contributed by atoms with E-state index in [0.29, 0.717) is 6.61 Å². The smallest absolute Gasteiger partial charge is 0.0828 e. The minimum atomic E-state index is 0.680. The fourth-order valence-electron chi connectivity index (χ4n) is 2.24. The zero-order valence-corrected chi connectivity index (χ0v) is 12.7. The number of rotatable bonds is 6. The van der Waals surface area contributed by atoms with Crippen LogP contribution in [0.4, 0.5) is 5.69 Å². The van der Waals surface area contributed by atoms with Gasteiger partial charge in [-0.1, -0.05) is 29.8 Å². The first-order chi connectivity index (χ1) is 9.61. The van der Waals surface area contributed by atoms with Gasteiger partial charge in [-0.05, 0) is 26.3 Å². The van der Waals surface area contributed by atoms with E-state index in [9.17, 15) is 0 Å². The molecule has 2 aromatic rings. The number of anilines is 1. The molecular formula is C16H23N3O. The number of aromatic nitrogens is 2. The van der Waals surface area contributed by atoms with E-state index in [4.69, 9.17) is 4.74 Å². The number of hydrogen-bond acceptors (Lipinski definition) is 3. The highest BCUT2D eigenvalue weighted by atomic mass is 16.5. The number of ether oxygens (including phenoxy) is 1. The topological polar surface area (TPSA) is 39.1 Å². The SMILES string of the molecule is COCCn1nc(C)c(NCc2ccc(C)cc2)c1C. The molecule has 0 saturated carbocycles. The molecule has 108 valence electrons. The van der Waals surface area contributed by atoms with Gasteiger partial charge >= 0.3 is 0 Å². The zero-order valence-electron chi connectivity index (χ0n) is 12.7. The van der Waals surface area contributed by atoms with E-state index in [1.165, 1.54) is 11.1 Å². The maximum Gasteiger partial charge on any atom is 0.0828 e. The van der Waals surface area contributed by atoms with Crippen LogP contribution in [0.5, 0.6) is 0 Å². The lowest BCUT2D eigenvalue weighted by molar-refractivity contribution is 0.182. The van der Waals surface area contributed by atoms with Crippen LogP contribution in [0.15, 0.2) is 24.3 Å². The first-order valence-corrected chi connectivity index (χ1v) is 6.94. The largest absolute Gasteiger partial charge is 0.383 e. The third kappa shape index (κ3) is 3.39. The van der Waals surface area contributed by atoms with E-state index in [-0.39, 0.29) is 0 Å². The lowest BCUT2D eigenvalue weighted by atomic mass is 10.1. The molecule has 0 bridgehead atoms. The van der Waals surface area contributed by atoms with Crippen LogP contribution >= 0.6 is 0 Å². The first-order valence-electron chi connectivity index (χ1n) is 6.94. The van der Waals surface area contributed by atoms with E-state index >= 15 is 0 Å². The quantitative estimate of drug-likeness (QED) is 0.879. The minimum absolute atomic E-state index is 0.680. The molecule has 2 rings (SSSR count). The normalized spacial score (nSPS) is 10.8. The van der Waals surface area contributed by atoms with Gasteiger partial charge in [-0.25, -0.2) is 0 Å². The third-order valence-electron chi connectivity index (χ3n) is 3.48. The second-order valence-electron chi connectivity index (χ2n) is 5.10. The Labute approximate surface area is 120 Å². The van der Waals surface area contributed by atoms with Crippen molar-refractivity contribution in [2.75, 3.05) is 19.0 Å². The predicted molar refractivity (Wildman–Crippen MR) is 82.1 cm³/mol. The monoisotopic (exact) mass is 273 g/mol. The van der Waals surface area contributed by atoms with E-state index < -0.39 is 0 Å². The Kier molecular flexibility index (Phi) is 4.79. The van der Waals surface area contributed by atoms with E-state index in [0.717, 1.165) is 30.2 Å². The van der Waals surface area contributed by atoms with Crippen LogP contribution in [-0.2, 0) is 17.8 Å². The lowest BCUT2D eigenvalue weighted by Gasteiger charge is -2.08. The first kappa shape index (κ1) is 14.6. The molecule has 4 nitrogen and oxygen atoms in total. The van der Waals surface area contributed by atoms with Gasteiger partial charge in [0.2, 0.25) is 0 Å². The number of nitrogens with zero attached hydrogens (tertiary/aromatic N) is 2. The predicted octanol–water partition coefficient (Wildman–Crippen LogP) is 3.07. The number of benzene rings is 1. The highest BCUT2D eigenvalue weighted by Crippen LogP contribution is 2.20. The summed E-state index contributed by atoms with van der Waals surface area (Å²) in [6.07, 6.45) is 0. The van der Waals surface area contributed by atoms with Gasteiger partial charge in [0.1, 0.15) is 0 Å². The van der Waals surface area contributed by atoms with Crippen LogP contribution in [0.3, 0.4) is 0 Å². The van der Waals surface area contributed by atoms with Crippen LogP contribution in [0.1, 0.15) is 22.5 Å². The van der Waals surface area contributed by atoms with Gasteiger partial charge in [0.15, 0.2) is 0 Å². The van der Waals surface area contributed by atoms with Crippen molar-refractivity contribution in [3.05, 3.63) is 46.8 Å². The summed E-state index contributed by atoms with van der Waals surface area (Å²) in [6.45, 7) is 8.51. The summed E-state index contributed by atoms with van der Waals surface area (Å²) in [5.41, 5.74) is 5.88. The van der Waals surface area contributed by atoms with Gasteiger partial charge in [-0.2, -0.15) is 5.10 Å². The molecule has 20 heavy (non-hydrogen) atoms. The summed E-state index contributed by atoms with van der Waals surface area (Å²) in [4.78, 5) is 0. The van der Waals surface area contributed by atoms with Crippen LogP contribution in [0.25, 0.3) is 0 Å². The molecule has 0 aliphatic rings. The molecule has 4 heteroatoms. The fourth-order valence-corrected chi connectivity index (χ4v) is 2.24. The van der Waals surface area contributed by atoms with Gasteiger partial charge in [0.05, 0.1) is 30.2 Å². The lowest BCUT2D eigenvalue weighted by Crippen LogP contribution is -2.08. The van der Waals surface area contributed by atoms with E-state index in [1.807, 2.05) is 11.6 Å². The van der Waals surface area contributed by atoms with Crippen molar-refractivity contribution in [1.29, 1.82) is 0 Å². The molecule has 0 aliphatic heterocycles.